The first-order chi connectivity index (χ1) is 11.2. The van der Waals surface area contributed by atoms with Crippen molar-refractivity contribution in [3.63, 3.8) is 0 Å². The standard InChI is InChI=1S/C21H40O2/c1-4-5-6-7-8-9-12-15-18-21(22)23-19-16-13-10-11-14-17-20(2)3/h4-5,20H,6-19H2,1-3H3/b5-4+. The zero-order chi connectivity index (χ0) is 17.2. The Morgan fingerprint density at radius 1 is 0.870 bits per heavy atom. The van der Waals surface area contributed by atoms with Crippen molar-refractivity contribution in [3.05, 3.63) is 12.2 Å². The zero-order valence-corrected chi connectivity index (χ0v) is 15.9. The normalized spacial score (nSPS) is 11.5. The third-order valence-corrected chi connectivity index (χ3v) is 4.18. The average Bonchev–Trinajstić information content (AvgIpc) is 2.52. The molecular formula is C21H40O2. The van der Waals surface area contributed by atoms with Crippen molar-refractivity contribution in [3.8, 4) is 0 Å². The van der Waals surface area contributed by atoms with Crippen LogP contribution >= 0.6 is 0 Å². The lowest BCUT2D eigenvalue weighted by atomic mass is 10.0. The van der Waals surface area contributed by atoms with Gasteiger partial charge >= 0.3 is 5.97 Å². The Labute approximate surface area is 145 Å². The molecule has 0 amide bonds. The molecule has 0 spiro atoms. The van der Waals surface area contributed by atoms with Crippen LogP contribution in [0, 0.1) is 5.92 Å². The highest BCUT2D eigenvalue weighted by Gasteiger charge is 2.02. The lowest BCUT2D eigenvalue weighted by Gasteiger charge is -2.06. The molecule has 0 unspecified atom stereocenters. The maximum atomic E-state index is 11.6. The highest BCUT2D eigenvalue weighted by Crippen LogP contribution is 2.11. The van der Waals surface area contributed by atoms with E-state index in [1.807, 2.05) is 0 Å². The van der Waals surface area contributed by atoms with Crippen LogP contribution in [0.2, 0.25) is 0 Å². The summed E-state index contributed by atoms with van der Waals surface area (Å²) in [6.07, 6.45) is 19.5. The van der Waals surface area contributed by atoms with E-state index in [9.17, 15) is 4.79 Å². The zero-order valence-electron chi connectivity index (χ0n) is 15.9. The van der Waals surface area contributed by atoms with Crippen molar-refractivity contribution < 1.29 is 9.53 Å². The predicted molar refractivity (Wildman–Crippen MR) is 101 cm³/mol. The van der Waals surface area contributed by atoms with Gasteiger partial charge in [0.25, 0.3) is 0 Å². The van der Waals surface area contributed by atoms with Crippen LogP contribution in [0.5, 0.6) is 0 Å². The summed E-state index contributed by atoms with van der Waals surface area (Å²) in [6.45, 7) is 7.25. The van der Waals surface area contributed by atoms with Crippen molar-refractivity contribution in [2.75, 3.05) is 6.61 Å². The van der Waals surface area contributed by atoms with E-state index in [0.717, 1.165) is 25.2 Å². The van der Waals surface area contributed by atoms with Crippen LogP contribution in [-0.2, 0) is 9.53 Å². The molecule has 0 aromatic carbocycles. The van der Waals surface area contributed by atoms with Gasteiger partial charge in [-0.25, -0.2) is 0 Å². The fraction of sp³-hybridized carbons (Fsp3) is 0.857. The predicted octanol–water partition coefficient (Wildman–Crippen LogP) is 6.83. The second kappa shape index (κ2) is 17.6. The van der Waals surface area contributed by atoms with Gasteiger partial charge in [0.2, 0.25) is 0 Å². The van der Waals surface area contributed by atoms with E-state index in [2.05, 4.69) is 32.9 Å². The lowest BCUT2D eigenvalue weighted by molar-refractivity contribution is -0.143. The second-order valence-electron chi connectivity index (χ2n) is 7.05. The summed E-state index contributed by atoms with van der Waals surface area (Å²) in [4.78, 5) is 11.6. The van der Waals surface area contributed by atoms with Crippen LogP contribution in [-0.4, -0.2) is 12.6 Å². The van der Waals surface area contributed by atoms with Crippen molar-refractivity contribution in [1.82, 2.24) is 0 Å². The van der Waals surface area contributed by atoms with Gasteiger partial charge in [0.1, 0.15) is 0 Å². The number of ether oxygens (including phenoxy) is 1. The number of rotatable bonds is 16. The van der Waals surface area contributed by atoms with Crippen LogP contribution in [0.4, 0.5) is 0 Å². The molecule has 0 aromatic heterocycles. The number of hydrogen-bond acceptors (Lipinski definition) is 2. The summed E-state index contributed by atoms with van der Waals surface area (Å²) in [7, 11) is 0. The van der Waals surface area contributed by atoms with Gasteiger partial charge in [-0.1, -0.05) is 77.4 Å². The molecule has 0 N–H and O–H groups in total. The van der Waals surface area contributed by atoms with E-state index < -0.39 is 0 Å². The molecule has 0 aromatic rings. The van der Waals surface area contributed by atoms with Gasteiger partial charge in [-0.3, -0.25) is 4.79 Å². The largest absolute Gasteiger partial charge is 0.466 e. The van der Waals surface area contributed by atoms with Crippen molar-refractivity contribution in [2.24, 2.45) is 5.92 Å². The molecule has 23 heavy (non-hydrogen) atoms. The molecule has 0 saturated heterocycles. The van der Waals surface area contributed by atoms with E-state index in [1.165, 1.54) is 57.8 Å². The van der Waals surface area contributed by atoms with Crippen molar-refractivity contribution in [1.29, 1.82) is 0 Å². The molecule has 0 aliphatic rings. The van der Waals surface area contributed by atoms with E-state index in [-0.39, 0.29) is 5.97 Å². The minimum absolute atomic E-state index is 0.00118. The highest BCUT2D eigenvalue weighted by molar-refractivity contribution is 5.69. The Balaban J connectivity index is 3.19. The summed E-state index contributed by atoms with van der Waals surface area (Å²) in [5, 5.41) is 0. The van der Waals surface area contributed by atoms with Gasteiger partial charge < -0.3 is 4.74 Å². The SMILES string of the molecule is C/C=C/CCCCCCCC(=O)OCCCCCCCC(C)C. The van der Waals surface area contributed by atoms with Crippen molar-refractivity contribution >= 4 is 5.97 Å². The molecular weight excluding hydrogens is 284 g/mol. The van der Waals surface area contributed by atoms with Crippen molar-refractivity contribution in [2.45, 2.75) is 104 Å². The summed E-state index contributed by atoms with van der Waals surface area (Å²) < 4.78 is 5.30. The first-order valence-corrected chi connectivity index (χ1v) is 9.93. The number of carbonyl (C=O) groups excluding carboxylic acids is 1. The minimum Gasteiger partial charge on any atom is -0.466 e. The molecule has 2 nitrogen and oxygen atoms in total. The molecule has 2 heteroatoms. The first kappa shape index (κ1) is 22.2. The number of allylic oxidation sites excluding steroid dienone is 2. The van der Waals surface area contributed by atoms with Gasteiger partial charge in [-0.15, -0.1) is 0 Å². The number of hydrogen-bond donors (Lipinski definition) is 0. The van der Waals surface area contributed by atoms with Crippen LogP contribution in [0.25, 0.3) is 0 Å². The molecule has 0 saturated carbocycles. The third-order valence-electron chi connectivity index (χ3n) is 4.18. The minimum atomic E-state index is -0.00118. The topological polar surface area (TPSA) is 26.3 Å². The molecule has 0 bridgehead atoms. The molecule has 0 radical (unpaired) electrons. The monoisotopic (exact) mass is 324 g/mol. The van der Waals surface area contributed by atoms with E-state index in [0.29, 0.717) is 13.0 Å². The number of unbranched alkanes of at least 4 members (excludes halogenated alkanes) is 9. The molecule has 0 aliphatic heterocycles. The molecule has 0 fully saturated rings. The second-order valence-corrected chi connectivity index (χ2v) is 7.05. The maximum absolute atomic E-state index is 11.6. The fourth-order valence-electron chi connectivity index (χ4n) is 2.67. The van der Waals surface area contributed by atoms with E-state index in [1.54, 1.807) is 0 Å². The Morgan fingerprint density at radius 2 is 1.48 bits per heavy atom. The summed E-state index contributed by atoms with van der Waals surface area (Å²) in [5.74, 6) is 0.822. The highest BCUT2D eigenvalue weighted by atomic mass is 16.5. The quantitative estimate of drug-likeness (QED) is 0.177. The number of esters is 1. The summed E-state index contributed by atoms with van der Waals surface area (Å²) in [6, 6.07) is 0. The summed E-state index contributed by atoms with van der Waals surface area (Å²) >= 11 is 0. The fourth-order valence-corrected chi connectivity index (χ4v) is 2.67. The van der Waals surface area contributed by atoms with Crippen LogP contribution < -0.4 is 0 Å². The van der Waals surface area contributed by atoms with Gasteiger partial charge in [0, 0.05) is 6.42 Å². The van der Waals surface area contributed by atoms with Crippen LogP contribution in [0.3, 0.4) is 0 Å². The Bertz CT molecular complexity index is 282. The van der Waals surface area contributed by atoms with Gasteiger partial charge in [-0.2, -0.15) is 0 Å². The first-order valence-electron chi connectivity index (χ1n) is 9.93. The lowest BCUT2D eigenvalue weighted by Crippen LogP contribution is -2.05. The van der Waals surface area contributed by atoms with E-state index >= 15 is 0 Å². The van der Waals surface area contributed by atoms with Crippen LogP contribution in [0.15, 0.2) is 12.2 Å². The molecule has 0 atom stereocenters. The Hall–Kier alpha value is -0.790. The molecule has 136 valence electrons. The molecule has 0 rings (SSSR count). The third kappa shape index (κ3) is 19.2. The van der Waals surface area contributed by atoms with Gasteiger partial charge in [0.05, 0.1) is 6.61 Å². The van der Waals surface area contributed by atoms with Crippen LogP contribution in [0.1, 0.15) is 104 Å². The van der Waals surface area contributed by atoms with E-state index in [4.69, 9.17) is 4.74 Å². The Morgan fingerprint density at radius 3 is 2.17 bits per heavy atom. The average molecular weight is 325 g/mol. The Kier molecular flexibility index (Phi) is 17.0. The maximum Gasteiger partial charge on any atom is 0.305 e. The van der Waals surface area contributed by atoms with Gasteiger partial charge in [-0.05, 0) is 38.5 Å². The summed E-state index contributed by atoms with van der Waals surface area (Å²) in [5.41, 5.74) is 0. The van der Waals surface area contributed by atoms with Gasteiger partial charge in [0.15, 0.2) is 0 Å². The number of carbonyl (C=O) groups is 1. The molecule has 0 aliphatic carbocycles. The smallest absolute Gasteiger partial charge is 0.305 e. The molecule has 0 heterocycles.